The number of rotatable bonds is 1. The minimum absolute atomic E-state index is 0. The van der Waals surface area contributed by atoms with Gasteiger partial charge in [-0.05, 0) is 0 Å². The first-order chi connectivity index (χ1) is 3.13. The molecule has 2 nitrogen and oxygen atoms in total. The van der Waals surface area contributed by atoms with Crippen LogP contribution < -0.4 is 4.02 Å². The molecular weight excluding hydrogens is 323 g/mol. The predicted molar refractivity (Wildman–Crippen MR) is 75.4 cm³/mol. The number of carbonyl (C=O) groups is 1. The monoisotopic (exact) mass is 352 g/mol. The quantitative estimate of drug-likeness (QED) is 0.566. The van der Waals surface area contributed by atoms with Crippen molar-refractivity contribution in [3.63, 3.8) is 0 Å². The van der Waals surface area contributed by atoms with Gasteiger partial charge in [-0.15, -0.1) is 0 Å². The number of carbonyl (C=O) groups excluding carboxylic acids is 1. The van der Waals surface area contributed by atoms with E-state index in [0.717, 1.165) is 0 Å². The van der Waals surface area contributed by atoms with Crippen LogP contribution in [-0.4, -0.2) is 20.7 Å². The maximum atomic E-state index is 10.1. The Morgan fingerprint density at radius 1 is 1.25 bits per heavy atom. The van der Waals surface area contributed by atoms with E-state index in [0.29, 0.717) is 0 Å². The summed E-state index contributed by atoms with van der Waals surface area (Å²) in [6.07, 6.45) is 0. The van der Waals surface area contributed by atoms with Crippen LogP contribution in [0, 0.1) is 0 Å². The fraction of sp³-hybridized carbons (Fsp3) is 0.875. The van der Waals surface area contributed by atoms with Gasteiger partial charge in [-0.3, -0.25) is 0 Å². The molecule has 0 fully saturated rings. The van der Waals surface area contributed by atoms with E-state index in [1.807, 2.05) is 19.7 Å². The van der Waals surface area contributed by atoms with E-state index in [1.165, 1.54) is 6.92 Å². The molecule has 82 valence electrons. The average molecular weight is 353 g/mol. The van der Waals surface area contributed by atoms with E-state index in [9.17, 15) is 4.79 Å². The Kier molecular flexibility index (Phi) is 131. The van der Waals surface area contributed by atoms with Gasteiger partial charge in [-0.25, -0.2) is 0 Å². The second kappa shape index (κ2) is 40.8. The molecule has 1 N–H and O–H groups in total. The summed E-state index contributed by atoms with van der Waals surface area (Å²) < 4.78 is 9.46. The molecule has 0 aliphatic rings. The van der Waals surface area contributed by atoms with Gasteiger partial charge in [0.15, 0.2) is 0 Å². The summed E-state index contributed by atoms with van der Waals surface area (Å²) >= 11 is -0.0142. The van der Waals surface area contributed by atoms with Crippen LogP contribution in [0.3, 0.4) is 0 Å². The van der Waals surface area contributed by atoms with Crippen LogP contribution in [0.5, 0.6) is 0 Å². The zero-order valence-electron chi connectivity index (χ0n) is 4.36. The molecule has 0 radical (unpaired) electrons. The fourth-order valence-electron chi connectivity index (χ4n) is 0.0768. The molecule has 0 aliphatic carbocycles. The van der Waals surface area contributed by atoms with E-state index >= 15 is 0 Å². The van der Waals surface area contributed by atoms with Crippen molar-refractivity contribution in [2.24, 2.45) is 0 Å². The number of amides is 1. The van der Waals surface area contributed by atoms with Crippen LogP contribution in [0.25, 0.3) is 0 Å². The summed E-state index contributed by atoms with van der Waals surface area (Å²) in [6.45, 7) is 1.44. The maximum absolute atomic E-state index is 10.1. The van der Waals surface area contributed by atoms with Crippen molar-refractivity contribution in [1.82, 2.24) is 4.02 Å². The van der Waals surface area contributed by atoms with Crippen molar-refractivity contribution >= 4 is 39.5 Å². The van der Waals surface area contributed by atoms with Gasteiger partial charge in [0.25, 0.3) is 0 Å². The molecule has 0 aromatic carbocycles. The Morgan fingerprint density at radius 3 is 1.50 bits per heavy atom. The van der Waals surface area contributed by atoms with Gasteiger partial charge >= 0.3 is 56.1 Å². The van der Waals surface area contributed by atoms with Crippen molar-refractivity contribution in [1.29, 1.82) is 0.816 Å². The summed E-state index contributed by atoms with van der Waals surface area (Å²) in [5.74, 6) is -0.0746. The molecule has 0 rings (SSSR count). The van der Waals surface area contributed by atoms with Gasteiger partial charge in [0, 0.05) is 0 Å². The van der Waals surface area contributed by atoms with Gasteiger partial charge < -0.3 is 0 Å². The Bertz CT molecular complexity index is 84.5. The molecule has 0 bridgehead atoms. The normalized spacial score (nSPS) is 4.67. The summed E-state index contributed by atoms with van der Waals surface area (Å²) in [4.78, 5) is 10.1. The summed E-state index contributed by atoms with van der Waals surface area (Å²) in [6, 6.07) is 0. The van der Waals surface area contributed by atoms with E-state index in [-0.39, 0.29) is 50.5 Å². The van der Waals surface area contributed by atoms with Crippen LogP contribution in [0.15, 0.2) is 0 Å². The average Bonchev–Trinajstić information content (AvgIpc) is 1.27. The topological polar surface area (TPSA) is 29.1 Å². The summed E-state index contributed by atoms with van der Waals surface area (Å²) in [5, 5.41) is 0. The molecular formula is C8H29GaINO. The van der Waals surface area contributed by atoms with Crippen LogP contribution in [-0.2, 0) is 4.79 Å². The van der Waals surface area contributed by atoms with E-state index in [1.54, 1.807) is 0 Å². The first kappa shape index (κ1) is 38.5. The molecule has 4 heteroatoms. The molecule has 0 spiro atoms. The number of nitrogens with one attached hydrogen (secondary N) is 1. The van der Waals surface area contributed by atoms with Gasteiger partial charge in [0.05, 0.1) is 0 Å². The Morgan fingerprint density at radius 2 is 1.50 bits per heavy atom. The second-order valence-corrected chi connectivity index (χ2v) is 5.11. The van der Waals surface area contributed by atoms with Gasteiger partial charge in [0.1, 0.15) is 0 Å². The fourth-order valence-corrected chi connectivity index (χ4v) is 2.68. The van der Waals surface area contributed by atoms with Crippen LogP contribution in [0.4, 0.5) is 0 Å². The first-order valence-electron chi connectivity index (χ1n) is 2.04. The van der Waals surface area contributed by atoms with Crippen LogP contribution >= 0.6 is 19.7 Å². The third-order valence-electron chi connectivity index (χ3n) is 0.258. The number of halogens is 1. The first-order valence-corrected chi connectivity index (χ1v) is 10.1. The van der Waals surface area contributed by atoms with Gasteiger partial charge in [0.2, 0.25) is 0 Å². The molecule has 1 amide bonds. The molecule has 0 heterocycles. The Labute approximate surface area is 100 Å². The third-order valence-corrected chi connectivity index (χ3v) is 2.96. The molecule has 12 heavy (non-hydrogen) atoms. The molecule has 0 aromatic heterocycles. The third kappa shape index (κ3) is 71.2. The zero-order chi connectivity index (χ0) is 5.86. The molecule has 0 unspecified atom stereocenters. The SMILES string of the molecule is C.C.C.C.C.C.[2H][Ga]([I])[NH]C(C)=O. The zero-order valence-corrected chi connectivity index (χ0v) is 7.94. The molecule has 0 saturated carbocycles. The molecule has 0 atom stereocenters. The molecule has 0 saturated heterocycles. The molecule has 0 aromatic rings. The van der Waals surface area contributed by atoms with Crippen LogP contribution in [0.1, 0.15) is 51.5 Å². The summed E-state index contributed by atoms with van der Waals surface area (Å²) in [7, 11) is 0. The second-order valence-electron chi connectivity index (χ2n) is 0.810. The Hall–Kier alpha value is 0.836. The van der Waals surface area contributed by atoms with Crippen molar-refractivity contribution in [3.8, 4) is 0 Å². The van der Waals surface area contributed by atoms with E-state index in [2.05, 4.69) is 4.02 Å². The van der Waals surface area contributed by atoms with Crippen molar-refractivity contribution < 1.29 is 4.79 Å². The van der Waals surface area contributed by atoms with Gasteiger partial charge in [-0.2, -0.15) is 0 Å². The standard InChI is InChI=1S/C2H5NO.6CH4.Ga.HI.H/c1-2(3)4;;;;;;;;;/h1H3,(H2,3,4);6*1H4;;1H;/q;;;;;;;+2;;/p-2/i;;;;;;;;;1+1. The Balaban J connectivity index is -0.0000000120. The van der Waals surface area contributed by atoms with Crippen LogP contribution in [0.2, 0.25) is 0 Å². The van der Waals surface area contributed by atoms with Crippen molar-refractivity contribution in [2.45, 2.75) is 51.5 Å². The van der Waals surface area contributed by atoms with E-state index < -0.39 is 13.9 Å². The van der Waals surface area contributed by atoms with Crippen molar-refractivity contribution in [2.75, 3.05) is 0 Å². The molecule has 0 aliphatic heterocycles. The summed E-state index contributed by atoms with van der Waals surface area (Å²) in [5.41, 5.74) is 0. The minimum atomic E-state index is -1.99. The predicted octanol–water partition coefficient (Wildman–Crippen LogP) is 3.64. The number of hydrogen-bond acceptors (Lipinski definition) is 1. The number of hydrogen-bond donors (Lipinski definition) is 1. The van der Waals surface area contributed by atoms with E-state index in [4.69, 9.17) is 0.816 Å². The van der Waals surface area contributed by atoms with Crippen molar-refractivity contribution in [3.05, 3.63) is 0 Å². The van der Waals surface area contributed by atoms with Gasteiger partial charge in [-0.1, -0.05) is 44.6 Å².